The third-order valence-electron chi connectivity index (χ3n) is 5.52. The van der Waals surface area contributed by atoms with E-state index in [2.05, 4.69) is 5.32 Å². The minimum Gasteiger partial charge on any atom is -0.493 e. The molecular weight excluding hydrogens is 486 g/mol. The molecule has 0 aliphatic heterocycles. The van der Waals surface area contributed by atoms with Crippen LogP contribution in [-0.2, 0) is 23.1 Å². The molecule has 1 amide bonds. The molecule has 0 atom stereocenters. The first-order chi connectivity index (χ1) is 17.0. The second kappa shape index (κ2) is 11.1. The fraction of sp³-hybridized carbons (Fsp3) is 0.240. The smallest absolute Gasteiger partial charge is 0.271 e. The Bertz CT molecular complexity index is 1370. The minimum absolute atomic E-state index is 0.0472. The SMILES string of the molecule is COc1ccc(CNC(=O)c2ccc(CN(c3cc([N+](=O)[O-])ccc3C)S(C)(=O)=O)cc2)cc1OC. The lowest BCUT2D eigenvalue weighted by atomic mass is 10.1. The van der Waals surface area contributed by atoms with Crippen LogP contribution < -0.4 is 19.1 Å². The zero-order valence-corrected chi connectivity index (χ0v) is 21.2. The number of ether oxygens (including phenoxy) is 2. The van der Waals surface area contributed by atoms with Crippen molar-refractivity contribution in [3.05, 3.63) is 93.0 Å². The van der Waals surface area contributed by atoms with Gasteiger partial charge in [-0.15, -0.1) is 0 Å². The minimum atomic E-state index is -3.75. The van der Waals surface area contributed by atoms with Crippen molar-refractivity contribution in [3.63, 3.8) is 0 Å². The summed E-state index contributed by atoms with van der Waals surface area (Å²) in [5.74, 6) is 0.848. The van der Waals surface area contributed by atoms with Crippen molar-refractivity contribution in [2.75, 3.05) is 24.8 Å². The topological polar surface area (TPSA) is 128 Å². The average Bonchev–Trinajstić information content (AvgIpc) is 2.85. The monoisotopic (exact) mass is 513 g/mol. The van der Waals surface area contributed by atoms with E-state index < -0.39 is 14.9 Å². The molecule has 0 spiro atoms. The first-order valence-corrected chi connectivity index (χ1v) is 12.7. The van der Waals surface area contributed by atoms with Gasteiger partial charge >= 0.3 is 0 Å². The molecule has 36 heavy (non-hydrogen) atoms. The lowest BCUT2D eigenvalue weighted by molar-refractivity contribution is -0.384. The van der Waals surface area contributed by atoms with Crippen LogP contribution in [0.3, 0.4) is 0 Å². The van der Waals surface area contributed by atoms with Crippen LogP contribution in [0.1, 0.15) is 27.0 Å². The maximum absolute atomic E-state index is 12.6. The highest BCUT2D eigenvalue weighted by atomic mass is 32.2. The standard InChI is InChI=1S/C25H27N3O7S/c1-17-5-11-21(28(30)31)14-22(17)27(36(4,32)33)16-18-6-9-20(10-7-18)25(29)26-15-19-8-12-23(34-2)24(13-19)35-3/h5-14H,15-16H2,1-4H3,(H,26,29). The number of nitro groups is 1. The van der Waals surface area contributed by atoms with Gasteiger partial charge in [-0.2, -0.15) is 0 Å². The molecular formula is C25H27N3O7S. The Morgan fingerprint density at radius 3 is 2.19 bits per heavy atom. The van der Waals surface area contributed by atoms with E-state index in [4.69, 9.17) is 9.47 Å². The number of hydrogen-bond donors (Lipinski definition) is 1. The number of sulfonamides is 1. The Morgan fingerprint density at radius 1 is 0.972 bits per heavy atom. The number of anilines is 1. The van der Waals surface area contributed by atoms with Gasteiger partial charge in [0.2, 0.25) is 10.0 Å². The van der Waals surface area contributed by atoms with Crippen LogP contribution in [0.2, 0.25) is 0 Å². The van der Waals surface area contributed by atoms with Gasteiger partial charge in [0.05, 0.1) is 37.6 Å². The average molecular weight is 514 g/mol. The van der Waals surface area contributed by atoms with Crippen molar-refractivity contribution in [3.8, 4) is 11.5 Å². The normalized spacial score (nSPS) is 11.0. The number of nitrogens with zero attached hydrogens (tertiary/aromatic N) is 2. The number of amides is 1. The summed E-state index contributed by atoms with van der Waals surface area (Å²) in [6.45, 7) is 1.91. The zero-order valence-electron chi connectivity index (χ0n) is 20.3. The van der Waals surface area contributed by atoms with E-state index in [0.29, 0.717) is 28.2 Å². The van der Waals surface area contributed by atoms with Crippen molar-refractivity contribution >= 4 is 27.3 Å². The summed E-state index contributed by atoms with van der Waals surface area (Å²) in [7, 11) is -0.666. The van der Waals surface area contributed by atoms with Crippen LogP contribution >= 0.6 is 0 Å². The van der Waals surface area contributed by atoms with Gasteiger partial charge in [-0.3, -0.25) is 19.2 Å². The van der Waals surface area contributed by atoms with E-state index in [1.54, 1.807) is 50.4 Å². The van der Waals surface area contributed by atoms with Crippen molar-refractivity contribution in [2.45, 2.75) is 20.0 Å². The molecule has 3 aromatic rings. The molecule has 0 saturated heterocycles. The van der Waals surface area contributed by atoms with E-state index in [0.717, 1.165) is 16.1 Å². The van der Waals surface area contributed by atoms with Crippen LogP contribution in [0, 0.1) is 17.0 Å². The van der Waals surface area contributed by atoms with E-state index in [1.807, 2.05) is 6.07 Å². The molecule has 0 unspecified atom stereocenters. The molecule has 3 rings (SSSR count). The molecule has 0 fully saturated rings. The maximum Gasteiger partial charge on any atom is 0.271 e. The second-order valence-electron chi connectivity index (χ2n) is 8.07. The summed E-state index contributed by atoms with van der Waals surface area (Å²) in [6, 6.07) is 15.9. The third kappa shape index (κ3) is 6.30. The van der Waals surface area contributed by atoms with E-state index >= 15 is 0 Å². The highest BCUT2D eigenvalue weighted by Gasteiger charge is 2.22. The van der Waals surface area contributed by atoms with Crippen LogP contribution in [0.4, 0.5) is 11.4 Å². The van der Waals surface area contributed by atoms with Crippen molar-refractivity contribution in [1.82, 2.24) is 5.32 Å². The Labute approximate surface area is 209 Å². The number of non-ortho nitro benzene ring substituents is 1. The summed E-state index contributed by atoms with van der Waals surface area (Å²) in [4.78, 5) is 23.2. The summed E-state index contributed by atoms with van der Waals surface area (Å²) < 4.78 is 36.7. The predicted molar refractivity (Wildman–Crippen MR) is 136 cm³/mol. The van der Waals surface area contributed by atoms with Gasteiger partial charge in [0.1, 0.15) is 0 Å². The zero-order chi connectivity index (χ0) is 26.5. The number of benzene rings is 3. The number of aryl methyl sites for hydroxylation is 1. The van der Waals surface area contributed by atoms with Crippen LogP contribution in [0.15, 0.2) is 60.7 Å². The molecule has 11 heteroatoms. The highest BCUT2D eigenvalue weighted by molar-refractivity contribution is 7.92. The lowest BCUT2D eigenvalue weighted by Crippen LogP contribution is -2.30. The van der Waals surface area contributed by atoms with Gasteiger partial charge in [-0.25, -0.2) is 8.42 Å². The number of nitrogens with one attached hydrogen (secondary N) is 1. The summed E-state index contributed by atoms with van der Waals surface area (Å²) in [5, 5.41) is 14.0. The molecule has 0 aliphatic rings. The Hall–Kier alpha value is -4.12. The van der Waals surface area contributed by atoms with Crippen molar-refractivity contribution in [1.29, 1.82) is 0 Å². The quantitative estimate of drug-likeness (QED) is 0.322. The van der Waals surface area contributed by atoms with Gasteiger partial charge in [-0.05, 0) is 47.9 Å². The number of carbonyl (C=O) groups excluding carboxylic acids is 1. The van der Waals surface area contributed by atoms with Gasteiger partial charge in [0.15, 0.2) is 11.5 Å². The van der Waals surface area contributed by atoms with Crippen molar-refractivity contribution < 1.29 is 27.6 Å². The van der Waals surface area contributed by atoms with E-state index in [-0.39, 0.29) is 30.4 Å². The number of hydrogen-bond acceptors (Lipinski definition) is 7. The molecule has 0 aromatic heterocycles. The molecule has 0 bridgehead atoms. The predicted octanol–water partition coefficient (Wildman–Crippen LogP) is 3.82. The second-order valence-corrected chi connectivity index (χ2v) is 9.97. The van der Waals surface area contributed by atoms with Gasteiger partial charge < -0.3 is 14.8 Å². The molecule has 0 radical (unpaired) electrons. The van der Waals surface area contributed by atoms with Crippen LogP contribution in [0.5, 0.6) is 11.5 Å². The summed E-state index contributed by atoms with van der Waals surface area (Å²) in [5.41, 5.74) is 2.44. The Kier molecular flexibility index (Phi) is 8.15. The van der Waals surface area contributed by atoms with Crippen LogP contribution in [0.25, 0.3) is 0 Å². The highest BCUT2D eigenvalue weighted by Crippen LogP contribution is 2.29. The molecule has 10 nitrogen and oxygen atoms in total. The Balaban J connectivity index is 1.74. The molecule has 1 N–H and O–H groups in total. The number of carbonyl (C=O) groups is 1. The van der Waals surface area contributed by atoms with E-state index in [9.17, 15) is 23.3 Å². The molecule has 0 aliphatic carbocycles. The molecule has 0 saturated carbocycles. The molecule has 190 valence electrons. The maximum atomic E-state index is 12.6. The fourth-order valence-corrected chi connectivity index (χ4v) is 4.50. The van der Waals surface area contributed by atoms with E-state index in [1.165, 1.54) is 25.3 Å². The lowest BCUT2D eigenvalue weighted by Gasteiger charge is -2.24. The largest absolute Gasteiger partial charge is 0.493 e. The first-order valence-electron chi connectivity index (χ1n) is 10.8. The molecule has 3 aromatic carbocycles. The summed E-state index contributed by atoms with van der Waals surface area (Å²) in [6.07, 6.45) is 1.04. The van der Waals surface area contributed by atoms with Gasteiger partial charge in [0, 0.05) is 24.2 Å². The summed E-state index contributed by atoms with van der Waals surface area (Å²) >= 11 is 0. The number of nitro benzene ring substituents is 1. The molecule has 0 heterocycles. The Morgan fingerprint density at radius 2 is 1.61 bits per heavy atom. The van der Waals surface area contributed by atoms with Crippen LogP contribution in [-0.4, -0.2) is 39.7 Å². The van der Waals surface area contributed by atoms with Gasteiger partial charge in [0.25, 0.3) is 11.6 Å². The third-order valence-corrected chi connectivity index (χ3v) is 6.64. The van der Waals surface area contributed by atoms with Crippen molar-refractivity contribution in [2.24, 2.45) is 0 Å². The number of rotatable bonds is 10. The van der Waals surface area contributed by atoms with Gasteiger partial charge in [-0.1, -0.05) is 24.3 Å². The first kappa shape index (κ1) is 26.5. The fourth-order valence-electron chi connectivity index (χ4n) is 3.56. The number of methoxy groups -OCH3 is 2.